The highest BCUT2D eigenvalue weighted by Crippen LogP contribution is 2.42. The SMILES string of the molecule is O=P(O)(O)OC[C@@H]1CCCN1CCc1c[nH]c2cccc(OP(=O)(O)O)c12. The van der Waals surface area contributed by atoms with Gasteiger partial charge < -0.3 is 19.3 Å². The number of hydrogen-bond donors (Lipinski definition) is 5. The molecule has 1 aliphatic rings. The molecule has 0 radical (unpaired) electrons. The van der Waals surface area contributed by atoms with Crippen molar-refractivity contribution in [3.63, 3.8) is 0 Å². The number of rotatable bonds is 8. The standard InChI is InChI=1S/C15H22N2O8P2/c18-26(19,20)24-10-12-3-2-7-17(12)8-6-11-9-16-13-4-1-5-14(15(11)13)25-27(21,22)23/h1,4-5,9,12,16H,2-3,6-8,10H2,(H2,18,19,20)(H2,21,22,23)/t12-/m0/s1. The molecule has 0 aliphatic carbocycles. The molecule has 27 heavy (non-hydrogen) atoms. The van der Waals surface area contributed by atoms with Crippen molar-refractivity contribution < 1.29 is 37.8 Å². The van der Waals surface area contributed by atoms with E-state index in [2.05, 4.69) is 14.4 Å². The van der Waals surface area contributed by atoms with Crippen molar-refractivity contribution in [3.8, 4) is 5.75 Å². The lowest BCUT2D eigenvalue weighted by molar-refractivity contribution is 0.135. The number of nitrogens with zero attached hydrogens (tertiary/aromatic N) is 1. The van der Waals surface area contributed by atoms with Gasteiger partial charge in [0.05, 0.1) is 6.61 Å². The zero-order valence-corrected chi connectivity index (χ0v) is 16.2. The molecule has 12 heteroatoms. The fraction of sp³-hybridized carbons (Fsp3) is 0.467. The molecule has 0 bridgehead atoms. The summed E-state index contributed by atoms with van der Waals surface area (Å²) in [5.74, 6) is 0.111. The number of fused-ring (bicyclic) bond motifs is 1. The van der Waals surface area contributed by atoms with Crippen molar-refractivity contribution in [1.82, 2.24) is 9.88 Å². The van der Waals surface area contributed by atoms with E-state index in [0.29, 0.717) is 23.9 Å². The van der Waals surface area contributed by atoms with Gasteiger partial charge >= 0.3 is 15.6 Å². The summed E-state index contributed by atoms with van der Waals surface area (Å²) in [6, 6.07) is 4.86. The van der Waals surface area contributed by atoms with Crippen LogP contribution in [-0.2, 0) is 20.1 Å². The summed E-state index contributed by atoms with van der Waals surface area (Å²) in [5.41, 5.74) is 1.55. The van der Waals surface area contributed by atoms with Crippen LogP contribution in [0.4, 0.5) is 0 Å². The molecule has 5 N–H and O–H groups in total. The monoisotopic (exact) mass is 420 g/mol. The molecule has 1 aromatic heterocycles. The van der Waals surface area contributed by atoms with Crippen LogP contribution in [0.2, 0.25) is 0 Å². The molecular weight excluding hydrogens is 398 g/mol. The lowest BCUT2D eigenvalue weighted by Gasteiger charge is -2.24. The predicted molar refractivity (Wildman–Crippen MR) is 97.3 cm³/mol. The van der Waals surface area contributed by atoms with Crippen molar-refractivity contribution in [1.29, 1.82) is 0 Å². The molecule has 150 valence electrons. The van der Waals surface area contributed by atoms with Crippen LogP contribution in [0, 0.1) is 0 Å². The summed E-state index contributed by atoms with van der Waals surface area (Å²) in [5, 5.41) is 0.614. The molecule has 2 heterocycles. The summed E-state index contributed by atoms with van der Waals surface area (Å²) in [6.07, 6.45) is 4.05. The van der Waals surface area contributed by atoms with Crippen LogP contribution in [0.15, 0.2) is 24.4 Å². The molecule has 1 saturated heterocycles. The van der Waals surface area contributed by atoms with Gasteiger partial charge in [-0.1, -0.05) is 6.07 Å². The predicted octanol–water partition coefficient (Wildman–Crippen LogP) is 1.76. The van der Waals surface area contributed by atoms with Gasteiger partial charge in [-0.15, -0.1) is 0 Å². The third kappa shape index (κ3) is 5.63. The van der Waals surface area contributed by atoms with Crippen molar-refractivity contribution in [3.05, 3.63) is 30.0 Å². The van der Waals surface area contributed by atoms with E-state index in [1.54, 1.807) is 18.3 Å². The number of nitrogens with one attached hydrogen (secondary N) is 1. The second kappa shape index (κ2) is 8.03. The van der Waals surface area contributed by atoms with Crippen LogP contribution in [-0.4, -0.2) is 55.2 Å². The van der Waals surface area contributed by atoms with Crippen molar-refractivity contribution >= 4 is 26.5 Å². The van der Waals surface area contributed by atoms with Crippen LogP contribution in [0.3, 0.4) is 0 Å². The van der Waals surface area contributed by atoms with Gasteiger partial charge in [-0.05, 0) is 43.5 Å². The Morgan fingerprint density at radius 1 is 1.19 bits per heavy atom. The number of phosphoric ester groups is 2. The molecule has 3 rings (SSSR count). The van der Waals surface area contributed by atoms with Gasteiger partial charge in [-0.25, -0.2) is 9.13 Å². The first-order valence-corrected chi connectivity index (χ1v) is 11.5. The van der Waals surface area contributed by atoms with Gasteiger partial charge in [-0.3, -0.25) is 19.2 Å². The number of phosphoric acid groups is 2. The molecule has 1 aromatic carbocycles. The van der Waals surface area contributed by atoms with Gasteiger partial charge in [0, 0.05) is 29.7 Å². The Labute approximate surface area is 155 Å². The van der Waals surface area contributed by atoms with Crippen molar-refractivity contribution in [2.75, 3.05) is 19.7 Å². The number of aromatic nitrogens is 1. The average Bonchev–Trinajstić information content (AvgIpc) is 3.15. The quantitative estimate of drug-likeness (QED) is 0.402. The smallest absolute Gasteiger partial charge is 0.404 e. The molecule has 0 amide bonds. The zero-order chi connectivity index (χ0) is 19.7. The normalized spacial score (nSPS) is 19.0. The first-order chi connectivity index (χ1) is 12.6. The van der Waals surface area contributed by atoms with E-state index in [1.807, 2.05) is 0 Å². The zero-order valence-electron chi connectivity index (χ0n) is 14.4. The minimum Gasteiger partial charge on any atom is -0.404 e. The Bertz CT molecular complexity index is 889. The minimum atomic E-state index is -4.68. The Morgan fingerprint density at radius 3 is 2.67 bits per heavy atom. The van der Waals surface area contributed by atoms with E-state index >= 15 is 0 Å². The second-order valence-corrected chi connectivity index (χ2v) is 8.85. The highest BCUT2D eigenvalue weighted by molar-refractivity contribution is 7.46. The molecule has 1 atom stereocenters. The van der Waals surface area contributed by atoms with Gasteiger partial charge in [0.1, 0.15) is 5.75 Å². The Balaban J connectivity index is 1.71. The molecule has 0 spiro atoms. The molecule has 2 aromatic rings. The van der Waals surface area contributed by atoms with E-state index < -0.39 is 15.6 Å². The first-order valence-electron chi connectivity index (χ1n) is 8.41. The summed E-state index contributed by atoms with van der Waals surface area (Å²) in [7, 11) is -9.17. The Kier molecular flexibility index (Phi) is 6.10. The average molecular weight is 420 g/mol. The van der Waals surface area contributed by atoms with E-state index in [-0.39, 0.29) is 18.4 Å². The second-order valence-electron chi connectivity index (χ2n) is 6.44. The minimum absolute atomic E-state index is 0.0370. The number of hydrogen-bond acceptors (Lipinski definition) is 5. The summed E-state index contributed by atoms with van der Waals surface area (Å²) >= 11 is 0. The van der Waals surface area contributed by atoms with Crippen LogP contribution in [0.5, 0.6) is 5.75 Å². The summed E-state index contributed by atoms with van der Waals surface area (Å²) < 4.78 is 31.6. The van der Waals surface area contributed by atoms with Crippen molar-refractivity contribution in [2.45, 2.75) is 25.3 Å². The molecule has 10 nitrogen and oxygen atoms in total. The fourth-order valence-corrected chi connectivity index (χ4v) is 4.22. The van der Waals surface area contributed by atoms with E-state index in [4.69, 9.17) is 24.1 Å². The molecule has 1 fully saturated rings. The van der Waals surface area contributed by atoms with Gasteiger partial charge in [0.15, 0.2) is 0 Å². The van der Waals surface area contributed by atoms with Crippen molar-refractivity contribution in [2.24, 2.45) is 0 Å². The maximum absolute atomic E-state index is 11.2. The van der Waals surface area contributed by atoms with Crippen LogP contribution >= 0.6 is 15.6 Å². The molecular formula is C15H22N2O8P2. The number of H-pyrrole nitrogens is 1. The lowest BCUT2D eigenvalue weighted by Crippen LogP contribution is -2.34. The van der Waals surface area contributed by atoms with Gasteiger partial charge in [0.25, 0.3) is 0 Å². The summed E-state index contributed by atoms with van der Waals surface area (Å²) in [6.45, 7) is 1.38. The number of aromatic amines is 1. The molecule has 1 aliphatic heterocycles. The fourth-order valence-electron chi connectivity index (χ4n) is 3.45. The van der Waals surface area contributed by atoms with E-state index in [9.17, 15) is 9.13 Å². The number of likely N-dealkylation sites (tertiary alicyclic amines) is 1. The number of benzene rings is 1. The van der Waals surface area contributed by atoms with E-state index in [1.165, 1.54) is 6.07 Å². The van der Waals surface area contributed by atoms with Crippen LogP contribution in [0.1, 0.15) is 18.4 Å². The van der Waals surface area contributed by atoms with E-state index in [0.717, 1.165) is 24.9 Å². The Hall–Kier alpha value is -1.22. The molecule has 0 unspecified atom stereocenters. The Morgan fingerprint density at radius 2 is 1.96 bits per heavy atom. The lowest BCUT2D eigenvalue weighted by atomic mass is 10.1. The van der Waals surface area contributed by atoms with Gasteiger partial charge in [0.2, 0.25) is 0 Å². The van der Waals surface area contributed by atoms with Gasteiger partial charge in [-0.2, -0.15) is 0 Å². The highest BCUT2D eigenvalue weighted by Gasteiger charge is 2.28. The topological polar surface area (TPSA) is 153 Å². The summed E-state index contributed by atoms with van der Waals surface area (Å²) in [4.78, 5) is 41.1. The van der Waals surface area contributed by atoms with Crippen LogP contribution in [0.25, 0.3) is 10.9 Å². The third-order valence-corrected chi connectivity index (χ3v) is 5.49. The molecule has 0 saturated carbocycles. The first kappa shape index (κ1) is 20.5. The van der Waals surface area contributed by atoms with Crippen LogP contribution < -0.4 is 4.52 Å². The third-order valence-electron chi connectivity index (χ3n) is 4.57. The maximum Gasteiger partial charge on any atom is 0.524 e. The maximum atomic E-state index is 11.2. The highest BCUT2D eigenvalue weighted by atomic mass is 31.2. The largest absolute Gasteiger partial charge is 0.524 e.